The van der Waals surface area contributed by atoms with Crippen molar-refractivity contribution in [1.29, 1.82) is 0 Å². The van der Waals surface area contributed by atoms with Gasteiger partial charge in [0.2, 0.25) is 0 Å². The normalized spacial score (nSPS) is 18.0. The highest BCUT2D eigenvalue weighted by Crippen LogP contribution is 2.26. The molecule has 4 nitrogen and oxygen atoms in total. The summed E-state index contributed by atoms with van der Waals surface area (Å²) < 4.78 is 1.65. The topological polar surface area (TPSA) is 38.1 Å². The van der Waals surface area contributed by atoms with Crippen LogP contribution in [0.25, 0.3) is 0 Å². The molecule has 1 unspecified atom stereocenters. The van der Waals surface area contributed by atoms with E-state index in [1.807, 2.05) is 36.1 Å². The van der Waals surface area contributed by atoms with Crippen molar-refractivity contribution in [2.75, 3.05) is 13.1 Å². The molecule has 0 N–H and O–H groups in total. The van der Waals surface area contributed by atoms with Crippen molar-refractivity contribution in [3.63, 3.8) is 0 Å². The molecule has 2 aromatic rings. The predicted octanol–water partition coefficient (Wildman–Crippen LogP) is 4.42. The summed E-state index contributed by atoms with van der Waals surface area (Å²) in [5.41, 5.74) is 2.10. The van der Waals surface area contributed by atoms with Crippen molar-refractivity contribution in [1.82, 2.24) is 14.7 Å². The number of rotatable bonds is 3. The van der Waals surface area contributed by atoms with Gasteiger partial charge < -0.3 is 4.90 Å². The standard InChI is InChI=1S/C18H21Cl2N3O/c1-12-6-5-9-22(10-12)18(24)16-13(2)21-23(17(16)20)11-14-7-3-4-8-15(14)19/h3-4,7-8,12H,5-6,9-11H2,1-2H3. The molecule has 1 fully saturated rings. The summed E-state index contributed by atoms with van der Waals surface area (Å²) in [5.74, 6) is 0.509. The van der Waals surface area contributed by atoms with Crippen molar-refractivity contribution in [3.05, 3.63) is 51.3 Å². The molecule has 24 heavy (non-hydrogen) atoms. The maximum atomic E-state index is 12.9. The highest BCUT2D eigenvalue weighted by atomic mass is 35.5. The van der Waals surface area contributed by atoms with Gasteiger partial charge in [0.25, 0.3) is 5.91 Å². The average molecular weight is 366 g/mol. The molecule has 6 heteroatoms. The first kappa shape index (κ1) is 17.3. The average Bonchev–Trinajstić information content (AvgIpc) is 2.83. The molecule has 0 aliphatic carbocycles. The first-order valence-corrected chi connectivity index (χ1v) is 8.98. The molecule has 0 saturated carbocycles. The van der Waals surface area contributed by atoms with Gasteiger partial charge in [-0.05, 0) is 37.3 Å². The van der Waals surface area contributed by atoms with Gasteiger partial charge in [-0.3, -0.25) is 4.79 Å². The summed E-state index contributed by atoms with van der Waals surface area (Å²) in [5, 5.41) is 5.51. The van der Waals surface area contributed by atoms with Crippen LogP contribution in [0.15, 0.2) is 24.3 Å². The number of likely N-dealkylation sites (tertiary alicyclic amines) is 1. The van der Waals surface area contributed by atoms with Crippen LogP contribution in [0.4, 0.5) is 0 Å². The number of halogens is 2. The van der Waals surface area contributed by atoms with E-state index in [1.54, 1.807) is 4.68 Å². The molecule has 1 aromatic heterocycles. The number of carbonyl (C=O) groups excluding carboxylic acids is 1. The summed E-state index contributed by atoms with van der Waals surface area (Å²) in [4.78, 5) is 14.8. The van der Waals surface area contributed by atoms with Gasteiger partial charge in [0.1, 0.15) is 5.15 Å². The van der Waals surface area contributed by atoms with Gasteiger partial charge in [-0.15, -0.1) is 0 Å². The quantitative estimate of drug-likeness (QED) is 0.807. The Morgan fingerprint density at radius 3 is 2.79 bits per heavy atom. The first-order valence-electron chi connectivity index (χ1n) is 8.23. The molecular weight excluding hydrogens is 345 g/mol. The number of amides is 1. The van der Waals surface area contributed by atoms with Gasteiger partial charge >= 0.3 is 0 Å². The van der Waals surface area contributed by atoms with Crippen LogP contribution in [-0.2, 0) is 6.54 Å². The number of aryl methyl sites for hydroxylation is 1. The second-order valence-corrected chi connectivity index (χ2v) is 7.26. The van der Waals surface area contributed by atoms with Gasteiger partial charge in [0.05, 0.1) is 17.8 Å². The third-order valence-electron chi connectivity index (χ3n) is 4.50. The van der Waals surface area contributed by atoms with Crippen LogP contribution in [0, 0.1) is 12.8 Å². The summed E-state index contributed by atoms with van der Waals surface area (Å²) in [6.07, 6.45) is 2.21. The maximum Gasteiger partial charge on any atom is 0.258 e. The Morgan fingerprint density at radius 1 is 1.33 bits per heavy atom. The molecule has 1 amide bonds. The Bertz CT molecular complexity index is 757. The van der Waals surface area contributed by atoms with Crippen LogP contribution in [0.2, 0.25) is 10.2 Å². The minimum absolute atomic E-state index is 0.0190. The fraction of sp³-hybridized carbons (Fsp3) is 0.444. The number of hydrogen-bond donors (Lipinski definition) is 0. The number of carbonyl (C=O) groups is 1. The first-order chi connectivity index (χ1) is 11.5. The second kappa shape index (κ2) is 7.16. The van der Waals surface area contributed by atoms with E-state index in [0.717, 1.165) is 25.1 Å². The Kier molecular flexibility index (Phi) is 5.16. The van der Waals surface area contributed by atoms with E-state index in [0.29, 0.717) is 33.9 Å². The van der Waals surface area contributed by atoms with Gasteiger partial charge in [0, 0.05) is 18.1 Å². The van der Waals surface area contributed by atoms with E-state index in [1.165, 1.54) is 6.42 Å². The lowest BCUT2D eigenvalue weighted by molar-refractivity contribution is 0.0682. The molecule has 0 spiro atoms. The number of piperidine rings is 1. The molecule has 128 valence electrons. The highest BCUT2D eigenvalue weighted by molar-refractivity contribution is 6.33. The van der Waals surface area contributed by atoms with E-state index in [4.69, 9.17) is 23.2 Å². The van der Waals surface area contributed by atoms with Gasteiger partial charge in [-0.2, -0.15) is 5.10 Å². The van der Waals surface area contributed by atoms with Crippen molar-refractivity contribution >= 4 is 29.1 Å². The summed E-state index contributed by atoms with van der Waals surface area (Å²) >= 11 is 12.7. The van der Waals surface area contributed by atoms with Crippen LogP contribution >= 0.6 is 23.2 Å². The van der Waals surface area contributed by atoms with E-state index in [-0.39, 0.29) is 5.91 Å². The molecule has 1 saturated heterocycles. The Morgan fingerprint density at radius 2 is 2.08 bits per heavy atom. The van der Waals surface area contributed by atoms with Crippen LogP contribution in [0.3, 0.4) is 0 Å². The fourth-order valence-corrected chi connectivity index (χ4v) is 3.73. The zero-order valence-corrected chi connectivity index (χ0v) is 15.4. The zero-order chi connectivity index (χ0) is 17.3. The summed E-state index contributed by atoms with van der Waals surface area (Å²) in [6, 6.07) is 7.58. The van der Waals surface area contributed by atoms with E-state index in [9.17, 15) is 4.79 Å². The zero-order valence-electron chi connectivity index (χ0n) is 13.9. The molecule has 0 radical (unpaired) electrons. The Labute approximate surface area is 152 Å². The van der Waals surface area contributed by atoms with Crippen molar-refractivity contribution in [2.24, 2.45) is 5.92 Å². The number of benzene rings is 1. The Balaban J connectivity index is 1.86. The lowest BCUT2D eigenvalue weighted by atomic mass is 9.99. The summed E-state index contributed by atoms with van der Waals surface area (Å²) in [7, 11) is 0. The molecule has 1 aromatic carbocycles. The second-order valence-electron chi connectivity index (χ2n) is 6.50. The largest absolute Gasteiger partial charge is 0.338 e. The molecule has 1 atom stereocenters. The number of aromatic nitrogens is 2. The monoisotopic (exact) mass is 365 g/mol. The van der Waals surface area contributed by atoms with Crippen molar-refractivity contribution in [3.8, 4) is 0 Å². The molecule has 3 rings (SSSR count). The van der Waals surface area contributed by atoms with Crippen molar-refractivity contribution < 1.29 is 4.79 Å². The van der Waals surface area contributed by atoms with Crippen LogP contribution < -0.4 is 0 Å². The van der Waals surface area contributed by atoms with Gasteiger partial charge in [-0.1, -0.05) is 48.3 Å². The lowest BCUT2D eigenvalue weighted by Gasteiger charge is -2.30. The highest BCUT2D eigenvalue weighted by Gasteiger charge is 2.28. The van der Waals surface area contributed by atoms with E-state index >= 15 is 0 Å². The minimum Gasteiger partial charge on any atom is -0.338 e. The SMILES string of the molecule is Cc1nn(Cc2ccccc2Cl)c(Cl)c1C(=O)N1CCCC(C)C1. The van der Waals surface area contributed by atoms with E-state index in [2.05, 4.69) is 12.0 Å². The molecule has 2 heterocycles. The number of nitrogens with zero attached hydrogens (tertiary/aromatic N) is 3. The Hall–Kier alpha value is -1.52. The smallest absolute Gasteiger partial charge is 0.258 e. The molecule has 0 bridgehead atoms. The van der Waals surface area contributed by atoms with Crippen molar-refractivity contribution in [2.45, 2.75) is 33.2 Å². The van der Waals surface area contributed by atoms with Crippen LogP contribution in [0.5, 0.6) is 0 Å². The van der Waals surface area contributed by atoms with Crippen LogP contribution in [0.1, 0.15) is 41.4 Å². The molecular formula is C18H21Cl2N3O. The van der Waals surface area contributed by atoms with E-state index < -0.39 is 0 Å². The summed E-state index contributed by atoms with van der Waals surface area (Å²) in [6.45, 7) is 6.02. The van der Waals surface area contributed by atoms with Gasteiger partial charge in [-0.25, -0.2) is 4.68 Å². The molecule has 1 aliphatic rings. The van der Waals surface area contributed by atoms with Crippen LogP contribution in [-0.4, -0.2) is 33.7 Å². The third kappa shape index (κ3) is 3.45. The lowest BCUT2D eigenvalue weighted by Crippen LogP contribution is -2.39. The molecule has 1 aliphatic heterocycles. The minimum atomic E-state index is -0.0190. The fourth-order valence-electron chi connectivity index (χ4n) is 3.22. The third-order valence-corrected chi connectivity index (χ3v) is 5.25. The van der Waals surface area contributed by atoms with Gasteiger partial charge in [0.15, 0.2) is 0 Å². The predicted molar refractivity (Wildman–Crippen MR) is 96.8 cm³/mol. The maximum absolute atomic E-state index is 12.9. The number of hydrogen-bond acceptors (Lipinski definition) is 2.